The summed E-state index contributed by atoms with van der Waals surface area (Å²) in [7, 11) is -0.450. The quantitative estimate of drug-likeness (QED) is 0.634. The van der Waals surface area contributed by atoms with Gasteiger partial charge in [0.1, 0.15) is 0 Å². The van der Waals surface area contributed by atoms with E-state index in [9.17, 15) is 4.79 Å². The van der Waals surface area contributed by atoms with Gasteiger partial charge in [0.15, 0.2) is 0 Å². The maximum absolute atomic E-state index is 11.5. The first kappa shape index (κ1) is 19.7. The lowest BCUT2D eigenvalue weighted by Crippen LogP contribution is -2.41. The number of ether oxygens (including phenoxy) is 1. The predicted octanol–water partition coefficient (Wildman–Crippen LogP) is 2.77. The molecule has 25 heavy (non-hydrogen) atoms. The standard InChI is InChI=1S/C19H28BNO4/c1-6-23-17(22)12-15-9-7-14(8-10-15)11-16(13-21)20-24-18(2,3)19(4,5)25-20/h7-11H,6,12-13,21H2,1-5H3. The molecule has 0 bridgehead atoms. The molecule has 0 aliphatic carbocycles. The molecule has 5 nitrogen and oxygen atoms in total. The molecule has 1 aromatic carbocycles. The minimum Gasteiger partial charge on any atom is -0.466 e. The highest BCUT2D eigenvalue weighted by molar-refractivity contribution is 6.55. The summed E-state index contributed by atoms with van der Waals surface area (Å²) in [6.45, 7) is 10.6. The average molecular weight is 345 g/mol. The van der Waals surface area contributed by atoms with E-state index in [2.05, 4.69) is 0 Å². The Kier molecular flexibility index (Phi) is 6.09. The topological polar surface area (TPSA) is 70.8 Å². The van der Waals surface area contributed by atoms with Crippen LogP contribution >= 0.6 is 0 Å². The van der Waals surface area contributed by atoms with Gasteiger partial charge in [-0.2, -0.15) is 0 Å². The maximum atomic E-state index is 11.5. The van der Waals surface area contributed by atoms with Crippen LogP contribution in [0, 0.1) is 0 Å². The summed E-state index contributed by atoms with van der Waals surface area (Å²) in [5.41, 5.74) is 7.92. The first-order valence-electron chi connectivity index (χ1n) is 8.69. The molecule has 6 heteroatoms. The molecule has 1 aromatic rings. The van der Waals surface area contributed by atoms with Crippen molar-refractivity contribution in [2.75, 3.05) is 13.2 Å². The van der Waals surface area contributed by atoms with Crippen LogP contribution in [0.5, 0.6) is 0 Å². The van der Waals surface area contributed by atoms with E-state index in [4.69, 9.17) is 19.8 Å². The molecule has 136 valence electrons. The van der Waals surface area contributed by atoms with Crippen molar-refractivity contribution in [3.8, 4) is 0 Å². The number of hydrogen-bond donors (Lipinski definition) is 1. The lowest BCUT2D eigenvalue weighted by atomic mass is 9.77. The maximum Gasteiger partial charge on any atom is 0.491 e. The van der Waals surface area contributed by atoms with E-state index in [-0.39, 0.29) is 12.4 Å². The van der Waals surface area contributed by atoms with Crippen molar-refractivity contribution in [3.05, 3.63) is 40.9 Å². The van der Waals surface area contributed by atoms with Gasteiger partial charge in [0, 0.05) is 6.54 Å². The number of carbonyl (C=O) groups is 1. The second kappa shape index (κ2) is 7.73. The number of hydrogen-bond acceptors (Lipinski definition) is 5. The highest BCUT2D eigenvalue weighted by Crippen LogP contribution is 2.38. The van der Waals surface area contributed by atoms with E-state index in [0.717, 1.165) is 16.6 Å². The summed E-state index contributed by atoms with van der Waals surface area (Å²) >= 11 is 0. The molecule has 0 atom stereocenters. The van der Waals surface area contributed by atoms with Gasteiger partial charge in [0.25, 0.3) is 0 Å². The highest BCUT2D eigenvalue weighted by Gasteiger charge is 2.52. The van der Waals surface area contributed by atoms with Crippen LogP contribution in [0.25, 0.3) is 6.08 Å². The predicted molar refractivity (Wildman–Crippen MR) is 99.9 cm³/mol. The van der Waals surface area contributed by atoms with E-state index >= 15 is 0 Å². The van der Waals surface area contributed by atoms with Gasteiger partial charge in [0.2, 0.25) is 0 Å². The van der Waals surface area contributed by atoms with Gasteiger partial charge in [-0.15, -0.1) is 0 Å². The molecule has 0 unspecified atom stereocenters. The van der Waals surface area contributed by atoms with E-state index in [1.54, 1.807) is 6.92 Å². The minimum atomic E-state index is -0.450. The van der Waals surface area contributed by atoms with Crippen LogP contribution in [0.3, 0.4) is 0 Å². The highest BCUT2D eigenvalue weighted by atomic mass is 16.7. The van der Waals surface area contributed by atoms with Crippen LogP contribution in [-0.2, 0) is 25.3 Å². The molecule has 0 aromatic heterocycles. The Bertz CT molecular complexity index is 621. The van der Waals surface area contributed by atoms with Crippen molar-refractivity contribution in [3.63, 3.8) is 0 Å². The third-order valence-corrected chi connectivity index (χ3v) is 4.78. The Morgan fingerprint density at radius 2 is 1.72 bits per heavy atom. The molecular formula is C19H28BNO4. The normalized spacial score (nSPS) is 19.1. The van der Waals surface area contributed by atoms with Crippen molar-refractivity contribution < 1.29 is 18.8 Å². The molecule has 1 fully saturated rings. The van der Waals surface area contributed by atoms with Crippen molar-refractivity contribution in [2.45, 2.75) is 52.2 Å². The summed E-state index contributed by atoms with van der Waals surface area (Å²) < 4.78 is 17.1. The van der Waals surface area contributed by atoms with Crippen molar-refractivity contribution in [1.82, 2.24) is 0 Å². The number of esters is 1. The van der Waals surface area contributed by atoms with E-state index in [1.165, 1.54) is 0 Å². The van der Waals surface area contributed by atoms with Crippen LogP contribution in [0.2, 0.25) is 0 Å². The van der Waals surface area contributed by atoms with Crippen LogP contribution in [-0.4, -0.2) is 37.4 Å². The molecule has 2 N–H and O–H groups in total. The van der Waals surface area contributed by atoms with Gasteiger partial charge >= 0.3 is 13.1 Å². The monoisotopic (exact) mass is 345 g/mol. The lowest BCUT2D eigenvalue weighted by Gasteiger charge is -2.32. The SMILES string of the molecule is CCOC(=O)Cc1ccc(C=C(CN)B2OC(C)(C)C(C)(C)O2)cc1. The second-order valence-electron chi connectivity index (χ2n) is 7.24. The fourth-order valence-electron chi connectivity index (χ4n) is 2.54. The van der Waals surface area contributed by atoms with Gasteiger partial charge in [-0.05, 0) is 51.2 Å². The van der Waals surface area contributed by atoms with Gasteiger partial charge in [-0.3, -0.25) is 4.79 Å². The van der Waals surface area contributed by atoms with Crippen molar-refractivity contribution >= 4 is 19.2 Å². The third-order valence-electron chi connectivity index (χ3n) is 4.78. The summed E-state index contributed by atoms with van der Waals surface area (Å²) in [5, 5.41) is 0. The number of benzene rings is 1. The van der Waals surface area contributed by atoms with E-state index in [0.29, 0.717) is 13.2 Å². The zero-order valence-electron chi connectivity index (χ0n) is 15.8. The second-order valence-corrected chi connectivity index (χ2v) is 7.24. The van der Waals surface area contributed by atoms with Gasteiger partial charge in [-0.1, -0.05) is 30.3 Å². The van der Waals surface area contributed by atoms with E-state index in [1.807, 2.05) is 58.0 Å². The number of nitrogens with two attached hydrogens (primary N) is 1. The van der Waals surface area contributed by atoms with Crippen LogP contribution in [0.1, 0.15) is 45.7 Å². The summed E-state index contributed by atoms with van der Waals surface area (Å²) in [5.74, 6) is -0.217. The Morgan fingerprint density at radius 3 is 2.20 bits per heavy atom. The zero-order chi connectivity index (χ0) is 18.7. The molecule has 1 aliphatic heterocycles. The first-order chi connectivity index (χ1) is 11.7. The van der Waals surface area contributed by atoms with Gasteiger partial charge in [0.05, 0.1) is 24.2 Å². The Balaban J connectivity index is 2.11. The summed E-state index contributed by atoms with van der Waals surface area (Å²) in [4.78, 5) is 11.5. The molecular weight excluding hydrogens is 317 g/mol. The molecule has 1 heterocycles. The molecule has 0 radical (unpaired) electrons. The Morgan fingerprint density at radius 1 is 1.16 bits per heavy atom. The van der Waals surface area contributed by atoms with E-state index < -0.39 is 18.3 Å². The lowest BCUT2D eigenvalue weighted by molar-refractivity contribution is -0.142. The summed E-state index contributed by atoms with van der Waals surface area (Å²) in [6, 6.07) is 7.74. The smallest absolute Gasteiger partial charge is 0.466 e. The number of carbonyl (C=O) groups excluding carboxylic acids is 1. The Labute approximate surface area is 150 Å². The van der Waals surface area contributed by atoms with Crippen LogP contribution < -0.4 is 5.73 Å². The van der Waals surface area contributed by atoms with Crippen LogP contribution in [0.15, 0.2) is 29.7 Å². The fourth-order valence-corrected chi connectivity index (χ4v) is 2.54. The molecule has 1 saturated heterocycles. The van der Waals surface area contributed by atoms with Crippen molar-refractivity contribution in [1.29, 1.82) is 0 Å². The fraction of sp³-hybridized carbons (Fsp3) is 0.526. The first-order valence-corrected chi connectivity index (χ1v) is 8.69. The molecule has 0 amide bonds. The third kappa shape index (κ3) is 4.72. The molecule has 0 spiro atoms. The van der Waals surface area contributed by atoms with Crippen LogP contribution in [0.4, 0.5) is 0 Å². The minimum absolute atomic E-state index is 0.217. The van der Waals surface area contributed by atoms with Gasteiger partial charge < -0.3 is 19.8 Å². The Hall–Kier alpha value is -1.63. The zero-order valence-corrected chi connectivity index (χ0v) is 15.8. The number of rotatable bonds is 6. The largest absolute Gasteiger partial charge is 0.491 e. The molecule has 2 rings (SSSR count). The average Bonchev–Trinajstić information content (AvgIpc) is 2.74. The molecule has 0 saturated carbocycles. The van der Waals surface area contributed by atoms with Gasteiger partial charge in [-0.25, -0.2) is 0 Å². The summed E-state index contributed by atoms with van der Waals surface area (Å²) in [6.07, 6.45) is 2.26. The molecule has 1 aliphatic rings. The van der Waals surface area contributed by atoms with Crippen molar-refractivity contribution in [2.24, 2.45) is 5.73 Å².